The predicted octanol–water partition coefficient (Wildman–Crippen LogP) is 2.70. The molecule has 2 bridgehead atoms. The Hall–Kier alpha value is -2.02. The average molecular weight is 357 g/mol. The van der Waals surface area contributed by atoms with Gasteiger partial charge in [0.15, 0.2) is 6.61 Å². The van der Waals surface area contributed by atoms with Crippen molar-refractivity contribution in [2.45, 2.75) is 43.2 Å². The van der Waals surface area contributed by atoms with E-state index in [4.69, 9.17) is 21.4 Å². The van der Waals surface area contributed by atoms with E-state index in [0.717, 1.165) is 25.3 Å². The molecular formula is C16H18ClFN2O4. The summed E-state index contributed by atoms with van der Waals surface area (Å²) < 4.78 is 18.6. The predicted molar refractivity (Wildman–Crippen MR) is 84.8 cm³/mol. The standard InChI is InChI=1S/C16H18ClFN2O4/c17-11-3-2-10(6-12(11)18)24-7-13(21)19-15-4-1-5-16(8-15,9-15)20-14(22)23/h2-3,6,20H,1,4-5,7-9H2,(H,19,21)(H,22,23). The summed E-state index contributed by atoms with van der Waals surface area (Å²) in [6.07, 6.45) is 2.60. The van der Waals surface area contributed by atoms with E-state index >= 15 is 0 Å². The zero-order valence-corrected chi connectivity index (χ0v) is 13.7. The van der Waals surface area contributed by atoms with Gasteiger partial charge in [-0.15, -0.1) is 0 Å². The maximum absolute atomic E-state index is 13.3. The molecule has 3 fully saturated rings. The molecule has 0 aliphatic heterocycles. The molecular weight excluding hydrogens is 339 g/mol. The lowest BCUT2D eigenvalue weighted by Gasteiger charge is -2.60. The van der Waals surface area contributed by atoms with Crippen LogP contribution < -0.4 is 15.4 Å². The maximum Gasteiger partial charge on any atom is 0.405 e. The molecule has 8 heteroatoms. The van der Waals surface area contributed by atoms with Crippen LogP contribution in [-0.4, -0.2) is 34.8 Å². The van der Waals surface area contributed by atoms with E-state index < -0.39 is 17.4 Å². The fourth-order valence-electron chi connectivity index (χ4n) is 3.94. The van der Waals surface area contributed by atoms with Crippen molar-refractivity contribution in [2.24, 2.45) is 0 Å². The molecule has 0 unspecified atom stereocenters. The molecule has 0 saturated heterocycles. The monoisotopic (exact) mass is 356 g/mol. The Bertz CT molecular complexity index is 676. The first-order valence-electron chi connectivity index (χ1n) is 7.72. The second kappa shape index (κ2) is 6.12. The van der Waals surface area contributed by atoms with Crippen molar-refractivity contribution in [1.82, 2.24) is 10.6 Å². The van der Waals surface area contributed by atoms with Gasteiger partial charge in [-0.3, -0.25) is 4.79 Å². The van der Waals surface area contributed by atoms with Crippen LogP contribution in [0.25, 0.3) is 0 Å². The van der Waals surface area contributed by atoms with Gasteiger partial charge in [-0.1, -0.05) is 11.6 Å². The van der Waals surface area contributed by atoms with Gasteiger partial charge in [-0.25, -0.2) is 9.18 Å². The molecule has 0 radical (unpaired) electrons. The van der Waals surface area contributed by atoms with Crippen molar-refractivity contribution in [3.8, 4) is 5.75 Å². The highest BCUT2D eigenvalue weighted by Gasteiger charge is 2.58. The second-order valence-corrected chi connectivity index (χ2v) is 7.02. The Morgan fingerprint density at radius 3 is 2.54 bits per heavy atom. The summed E-state index contributed by atoms with van der Waals surface area (Å²) in [7, 11) is 0. The number of carbonyl (C=O) groups excluding carboxylic acids is 1. The number of fused-ring (bicyclic) bond motifs is 2. The average Bonchev–Trinajstić information content (AvgIpc) is 2.47. The molecule has 0 heterocycles. The maximum atomic E-state index is 13.3. The first-order valence-corrected chi connectivity index (χ1v) is 8.09. The number of ether oxygens (including phenoxy) is 1. The number of benzene rings is 1. The first-order chi connectivity index (χ1) is 11.3. The lowest BCUT2D eigenvalue weighted by Crippen LogP contribution is -2.73. The Morgan fingerprint density at radius 1 is 1.25 bits per heavy atom. The Kier molecular flexibility index (Phi) is 4.29. The smallest absolute Gasteiger partial charge is 0.405 e. The molecule has 24 heavy (non-hydrogen) atoms. The zero-order valence-electron chi connectivity index (χ0n) is 12.9. The Morgan fingerprint density at radius 2 is 1.92 bits per heavy atom. The van der Waals surface area contributed by atoms with Gasteiger partial charge >= 0.3 is 6.09 Å². The van der Waals surface area contributed by atoms with Crippen LogP contribution in [-0.2, 0) is 4.79 Å². The number of carbonyl (C=O) groups is 2. The molecule has 0 aromatic heterocycles. The summed E-state index contributed by atoms with van der Waals surface area (Å²) in [5.74, 6) is -0.691. The summed E-state index contributed by atoms with van der Waals surface area (Å²) in [6, 6.07) is 3.98. The normalized spacial score (nSPS) is 27.8. The van der Waals surface area contributed by atoms with Crippen molar-refractivity contribution < 1.29 is 23.8 Å². The quantitative estimate of drug-likeness (QED) is 0.757. The number of carboxylic acid groups (broad SMARTS) is 1. The molecule has 0 spiro atoms. The number of hydrogen-bond acceptors (Lipinski definition) is 3. The molecule has 3 aliphatic rings. The van der Waals surface area contributed by atoms with E-state index in [1.807, 2.05) is 0 Å². The number of amides is 2. The van der Waals surface area contributed by atoms with E-state index in [0.29, 0.717) is 12.8 Å². The van der Waals surface area contributed by atoms with Crippen LogP contribution >= 0.6 is 11.6 Å². The second-order valence-electron chi connectivity index (χ2n) is 6.61. The summed E-state index contributed by atoms with van der Waals surface area (Å²) in [4.78, 5) is 23.0. The number of hydrogen-bond donors (Lipinski definition) is 3. The molecule has 1 aromatic rings. The zero-order chi connectivity index (χ0) is 17.4. The third-order valence-electron chi connectivity index (χ3n) is 4.70. The molecule has 1 aromatic carbocycles. The van der Waals surface area contributed by atoms with E-state index in [9.17, 15) is 14.0 Å². The number of halogens is 2. The lowest BCUT2D eigenvalue weighted by molar-refractivity contribution is -0.129. The minimum absolute atomic E-state index is 0.00960. The summed E-state index contributed by atoms with van der Waals surface area (Å²) >= 11 is 5.59. The van der Waals surface area contributed by atoms with Crippen LogP contribution in [0.4, 0.5) is 9.18 Å². The van der Waals surface area contributed by atoms with Gasteiger partial charge in [0.2, 0.25) is 0 Å². The summed E-state index contributed by atoms with van der Waals surface area (Å²) in [6.45, 7) is -0.234. The highest BCUT2D eigenvalue weighted by Crippen LogP contribution is 2.51. The summed E-state index contributed by atoms with van der Waals surface area (Å²) in [5, 5.41) is 14.4. The van der Waals surface area contributed by atoms with Crippen molar-refractivity contribution >= 4 is 23.6 Å². The molecule has 0 atom stereocenters. The third-order valence-corrected chi connectivity index (χ3v) is 5.01. The largest absolute Gasteiger partial charge is 0.484 e. The van der Waals surface area contributed by atoms with Crippen molar-refractivity contribution in [1.29, 1.82) is 0 Å². The van der Waals surface area contributed by atoms with Gasteiger partial charge in [-0.2, -0.15) is 0 Å². The fourth-order valence-corrected chi connectivity index (χ4v) is 4.06. The highest BCUT2D eigenvalue weighted by atomic mass is 35.5. The van der Waals surface area contributed by atoms with Gasteiger partial charge in [0, 0.05) is 17.1 Å². The van der Waals surface area contributed by atoms with Gasteiger partial charge in [0.05, 0.1) is 5.02 Å². The van der Waals surface area contributed by atoms with Crippen LogP contribution in [0, 0.1) is 5.82 Å². The Balaban J connectivity index is 1.52. The number of rotatable bonds is 5. The topological polar surface area (TPSA) is 87.7 Å². The van der Waals surface area contributed by atoms with Gasteiger partial charge in [0.1, 0.15) is 11.6 Å². The molecule has 3 aliphatic carbocycles. The van der Waals surface area contributed by atoms with Crippen molar-refractivity contribution in [2.75, 3.05) is 6.61 Å². The van der Waals surface area contributed by atoms with Crippen molar-refractivity contribution in [3.05, 3.63) is 29.0 Å². The fraction of sp³-hybridized carbons (Fsp3) is 0.500. The third kappa shape index (κ3) is 3.40. The van der Waals surface area contributed by atoms with E-state index in [1.54, 1.807) is 0 Å². The van der Waals surface area contributed by atoms with Crippen LogP contribution in [0.3, 0.4) is 0 Å². The van der Waals surface area contributed by atoms with E-state index in [2.05, 4.69) is 10.6 Å². The van der Waals surface area contributed by atoms with Crippen LogP contribution in [0.2, 0.25) is 5.02 Å². The number of nitrogens with one attached hydrogen (secondary N) is 2. The molecule has 3 saturated carbocycles. The summed E-state index contributed by atoms with van der Waals surface area (Å²) in [5.41, 5.74) is -0.788. The van der Waals surface area contributed by atoms with Gasteiger partial charge in [0.25, 0.3) is 5.91 Å². The van der Waals surface area contributed by atoms with Crippen LogP contribution in [0.1, 0.15) is 32.1 Å². The van der Waals surface area contributed by atoms with Crippen LogP contribution in [0.15, 0.2) is 18.2 Å². The SMILES string of the molecule is O=C(O)NC12CCCC(NC(=O)COc3ccc(Cl)c(F)c3)(C1)C2. The van der Waals surface area contributed by atoms with Crippen LogP contribution in [0.5, 0.6) is 5.75 Å². The first kappa shape index (κ1) is 16.8. The Labute approximate surface area is 143 Å². The van der Waals surface area contributed by atoms with E-state index in [-0.39, 0.29) is 28.8 Å². The highest BCUT2D eigenvalue weighted by molar-refractivity contribution is 6.30. The lowest BCUT2D eigenvalue weighted by atomic mass is 9.54. The van der Waals surface area contributed by atoms with Gasteiger partial charge < -0.3 is 20.5 Å². The minimum Gasteiger partial charge on any atom is -0.484 e. The van der Waals surface area contributed by atoms with Gasteiger partial charge in [-0.05, 0) is 44.2 Å². The van der Waals surface area contributed by atoms with Crippen molar-refractivity contribution in [3.63, 3.8) is 0 Å². The van der Waals surface area contributed by atoms with E-state index in [1.165, 1.54) is 12.1 Å². The molecule has 4 rings (SSSR count). The molecule has 6 nitrogen and oxygen atoms in total. The molecule has 3 N–H and O–H groups in total. The molecule has 2 amide bonds. The minimum atomic E-state index is -1.04. The molecule has 130 valence electrons.